The number of benzene rings is 1. The number of carbonyl (C=O) groups is 3. The summed E-state index contributed by atoms with van der Waals surface area (Å²) in [5.41, 5.74) is 1.01. The van der Waals surface area contributed by atoms with Crippen LogP contribution in [0, 0.1) is 0 Å². The van der Waals surface area contributed by atoms with Crippen molar-refractivity contribution < 1.29 is 15.8 Å². The number of imide groups is 1. The number of rotatable bonds is 1. The van der Waals surface area contributed by atoms with Gasteiger partial charge in [-0.25, -0.2) is 0 Å². The van der Waals surface area contributed by atoms with E-state index in [0.29, 0.717) is 11.1 Å². The average molecular weight is 292 g/mol. The van der Waals surface area contributed by atoms with Crippen LogP contribution in [0.1, 0.15) is 53.3 Å². The van der Waals surface area contributed by atoms with Crippen molar-refractivity contribution in [1.29, 1.82) is 0 Å². The molecular formula is C16H24N2O3. The highest BCUT2D eigenvalue weighted by Crippen LogP contribution is 2.22. The van der Waals surface area contributed by atoms with E-state index in [9.17, 15) is 14.4 Å². The number of fused-ring (bicyclic) bond motifs is 1. The second kappa shape index (κ2) is 8.68. The molecule has 0 fully saturated rings. The van der Waals surface area contributed by atoms with Crippen LogP contribution < -0.4 is 5.32 Å². The van der Waals surface area contributed by atoms with Gasteiger partial charge in [0.15, 0.2) is 0 Å². The zero-order valence-corrected chi connectivity index (χ0v) is 13.2. The highest BCUT2D eigenvalue weighted by Gasteiger charge is 2.33. The van der Waals surface area contributed by atoms with E-state index in [1.54, 1.807) is 6.08 Å². The molecule has 1 aliphatic heterocycles. The van der Waals surface area contributed by atoms with Gasteiger partial charge in [-0.1, -0.05) is 19.9 Å². The predicted octanol–water partition coefficient (Wildman–Crippen LogP) is 2.74. The molecule has 1 aliphatic rings. The molecule has 0 saturated heterocycles. The van der Waals surface area contributed by atoms with Crippen molar-refractivity contribution in [1.82, 2.24) is 10.2 Å². The first-order valence-electron chi connectivity index (χ1n) is 6.73. The van der Waals surface area contributed by atoms with Crippen molar-refractivity contribution >= 4 is 17.7 Å². The summed E-state index contributed by atoms with van der Waals surface area (Å²) in [6, 6.07) is 4.48. The van der Waals surface area contributed by atoms with Crippen LogP contribution in [-0.4, -0.2) is 36.7 Å². The molecule has 5 nitrogen and oxygen atoms in total. The Bertz CT molecular complexity index is 556. The van der Waals surface area contributed by atoms with E-state index in [1.807, 2.05) is 20.8 Å². The van der Waals surface area contributed by atoms with E-state index in [0.717, 1.165) is 4.90 Å². The smallest absolute Gasteiger partial charge is 0.261 e. The first kappa shape index (κ1) is 18.6. The molecular weight excluding hydrogens is 268 g/mol. The lowest BCUT2D eigenvalue weighted by atomic mass is 10.1. The number of amides is 3. The third-order valence-corrected chi connectivity index (χ3v) is 2.58. The number of hydrogen-bond acceptors (Lipinski definition) is 3. The number of nitrogens with zero attached hydrogens (tertiary/aromatic N) is 1. The number of hydrogen-bond donors (Lipinski definition) is 1. The number of allylic oxidation sites excluding steroid dienone is 1. The molecule has 0 spiro atoms. The van der Waals surface area contributed by atoms with Gasteiger partial charge < -0.3 is 5.32 Å². The lowest BCUT2D eigenvalue weighted by Gasteiger charge is -2.02. The highest BCUT2D eigenvalue weighted by molar-refractivity contribution is 6.21. The van der Waals surface area contributed by atoms with E-state index in [2.05, 4.69) is 11.9 Å². The van der Waals surface area contributed by atoms with Gasteiger partial charge in [-0.05, 0) is 25.1 Å². The van der Waals surface area contributed by atoms with Gasteiger partial charge in [-0.2, -0.15) is 0 Å². The molecule has 0 aromatic heterocycles. The van der Waals surface area contributed by atoms with E-state index in [-0.39, 0.29) is 24.7 Å². The summed E-state index contributed by atoms with van der Waals surface area (Å²) in [7, 11) is 2.93. The second-order valence-electron chi connectivity index (χ2n) is 3.92. The minimum absolute atomic E-state index is 0. The molecule has 0 saturated carbocycles. The van der Waals surface area contributed by atoms with Crippen LogP contribution in [0.2, 0.25) is 0 Å². The summed E-state index contributed by atoms with van der Waals surface area (Å²) >= 11 is 0. The Labute approximate surface area is 127 Å². The maximum absolute atomic E-state index is 11.6. The Morgan fingerprint density at radius 2 is 1.71 bits per heavy atom. The zero-order chi connectivity index (χ0) is 16.6. The van der Waals surface area contributed by atoms with Crippen LogP contribution in [0.4, 0.5) is 0 Å². The van der Waals surface area contributed by atoms with E-state index in [4.69, 9.17) is 0 Å². The van der Waals surface area contributed by atoms with Crippen molar-refractivity contribution in [2.75, 3.05) is 14.1 Å². The fourth-order valence-corrected chi connectivity index (χ4v) is 1.65. The first-order valence-corrected chi connectivity index (χ1v) is 6.73. The normalized spacial score (nSPS) is 11.6. The van der Waals surface area contributed by atoms with Crippen molar-refractivity contribution in [3.05, 3.63) is 47.5 Å². The Morgan fingerprint density at radius 1 is 1.24 bits per heavy atom. The van der Waals surface area contributed by atoms with Gasteiger partial charge in [0.2, 0.25) is 0 Å². The van der Waals surface area contributed by atoms with E-state index >= 15 is 0 Å². The third-order valence-electron chi connectivity index (χ3n) is 2.58. The molecule has 1 aromatic rings. The summed E-state index contributed by atoms with van der Waals surface area (Å²) in [5.74, 6) is -0.980. The van der Waals surface area contributed by atoms with Crippen molar-refractivity contribution in [3.8, 4) is 0 Å². The van der Waals surface area contributed by atoms with Gasteiger partial charge in [-0.15, -0.1) is 6.58 Å². The van der Waals surface area contributed by atoms with Crippen molar-refractivity contribution in [2.45, 2.75) is 20.8 Å². The zero-order valence-electron chi connectivity index (χ0n) is 13.2. The van der Waals surface area contributed by atoms with Crippen LogP contribution in [0.25, 0.3) is 0 Å². The molecule has 1 N–H and O–H groups in total. The molecule has 21 heavy (non-hydrogen) atoms. The van der Waals surface area contributed by atoms with Gasteiger partial charge >= 0.3 is 0 Å². The summed E-state index contributed by atoms with van der Waals surface area (Å²) in [6.07, 6.45) is 1.75. The van der Waals surface area contributed by atoms with Gasteiger partial charge in [-0.3, -0.25) is 19.3 Å². The Kier molecular flexibility index (Phi) is 7.68. The Morgan fingerprint density at radius 3 is 2.19 bits per heavy atom. The van der Waals surface area contributed by atoms with Crippen molar-refractivity contribution in [3.63, 3.8) is 0 Å². The van der Waals surface area contributed by atoms with Crippen LogP contribution in [0.5, 0.6) is 0 Å². The van der Waals surface area contributed by atoms with Crippen LogP contribution in [0.3, 0.4) is 0 Å². The quantitative estimate of drug-likeness (QED) is 0.639. The van der Waals surface area contributed by atoms with Crippen LogP contribution >= 0.6 is 0 Å². The van der Waals surface area contributed by atoms with E-state index < -0.39 is 0 Å². The molecule has 2 rings (SSSR count). The third kappa shape index (κ3) is 4.02. The molecule has 0 aliphatic carbocycles. The van der Waals surface area contributed by atoms with Gasteiger partial charge in [0.25, 0.3) is 17.7 Å². The van der Waals surface area contributed by atoms with Crippen LogP contribution in [0.15, 0.2) is 30.9 Å². The lowest BCUT2D eigenvalue weighted by Crippen LogP contribution is -2.24. The topological polar surface area (TPSA) is 66.5 Å². The maximum atomic E-state index is 11.6. The Hall–Kier alpha value is -2.43. The van der Waals surface area contributed by atoms with Gasteiger partial charge in [0, 0.05) is 21.1 Å². The highest BCUT2D eigenvalue weighted by atomic mass is 16.2. The minimum atomic E-state index is -0.370. The number of carbonyl (C=O) groups excluding carboxylic acids is 3. The van der Waals surface area contributed by atoms with E-state index in [1.165, 1.54) is 32.3 Å². The summed E-state index contributed by atoms with van der Waals surface area (Å²) in [5, 5.41) is 2.46. The standard InChI is InChI=1S/C11H10N2O3.C3H6.C2H6.H2/c1-12-9(14)6-3-4-7-8(5-6)11(16)13(2)10(7)15;1-3-2;1-2;/h3-5H,1-2H3,(H,12,14);3H,1H2,2H3;1-2H3;1H. The molecule has 116 valence electrons. The molecule has 5 heteroatoms. The summed E-state index contributed by atoms with van der Waals surface area (Å²) in [4.78, 5) is 35.6. The summed E-state index contributed by atoms with van der Waals surface area (Å²) in [6.45, 7) is 9.25. The predicted molar refractivity (Wildman–Crippen MR) is 85.6 cm³/mol. The van der Waals surface area contributed by atoms with Crippen LogP contribution in [-0.2, 0) is 0 Å². The van der Waals surface area contributed by atoms with Gasteiger partial charge in [0.05, 0.1) is 11.1 Å². The molecule has 3 amide bonds. The second-order valence-corrected chi connectivity index (χ2v) is 3.92. The molecule has 1 aromatic carbocycles. The SMILES string of the molecule is C=CC.CC.CNC(=O)c1ccc2c(c1)C(=O)N(C)C2=O.[HH]. The lowest BCUT2D eigenvalue weighted by molar-refractivity contribution is 0.0693. The molecule has 0 unspecified atom stereocenters. The van der Waals surface area contributed by atoms with Gasteiger partial charge in [0.1, 0.15) is 0 Å². The first-order chi connectivity index (χ1) is 9.97. The number of nitrogens with one attached hydrogen (secondary N) is 1. The molecule has 0 atom stereocenters. The summed E-state index contributed by atoms with van der Waals surface area (Å²) < 4.78 is 0. The largest absolute Gasteiger partial charge is 0.355 e. The molecule has 0 radical (unpaired) electrons. The average Bonchev–Trinajstić information content (AvgIpc) is 2.73. The molecule has 1 heterocycles. The molecule has 0 bridgehead atoms. The Balaban J connectivity index is 0. The fraction of sp³-hybridized carbons (Fsp3) is 0.312. The fourth-order valence-electron chi connectivity index (χ4n) is 1.65. The monoisotopic (exact) mass is 292 g/mol. The minimum Gasteiger partial charge on any atom is -0.355 e. The maximum Gasteiger partial charge on any atom is 0.261 e. The van der Waals surface area contributed by atoms with Crippen molar-refractivity contribution in [2.24, 2.45) is 0 Å².